The average Bonchev–Trinajstić information content (AvgIpc) is 2.85. The minimum absolute atomic E-state index is 0.119. The van der Waals surface area contributed by atoms with Gasteiger partial charge in [-0.1, -0.05) is 48.5 Å². The zero-order chi connectivity index (χ0) is 23.6. The number of carbonyl (C=O) groups is 1. The van der Waals surface area contributed by atoms with E-state index in [1.54, 1.807) is 37.4 Å². The summed E-state index contributed by atoms with van der Waals surface area (Å²) in [6.45, 7) is 0.404. The number of carboxylic acids is 1. The predicted octanol–water partition coefficient (Wildman–Crippen LogP) is 4.80. The van der Waals surface area contributed by atoms with Crippen molar-refractivity contribution in [2.24, 2.45) is 0 Å². The van der Waals surface area contributed by atoms with E-state index in [0.29, 0.717) is 28.5 Å². The third-order valence-corrected chi connectivity index (χ3v) is 4.94. The fourth-order valence-electron chi connectivity index (χ4n) is 3.17. The Kier molecular flexibility index (Phi) is 8.03. The first-order chi connectivity index (χ1) is 16.0. The molecule has 3 rings (SSSR count). The molecular weight excluding hydrogens is 420 g/mol. The van der Waals surface area contributed by atoms with Crippen molar-refractivity contribution in [1.82, 2.24) is 0 Å². The first-order valence-corrected chi connectivity index (χ1v) is 10.3. The lowest BCUT2D eigenvalue weighted by atomic mass is 9.97. The number of hydrogen-bond donors (Lipinski definition) is 2. The van der Waals surface area contributed by atoms with Gasteiger partial charge < -0.3 is 24.7 Å². The monoisotopic (exact) mass is 444 g/mol. The molecule has 168 valence electrons. The lowest BCUT2D eigenvalue weighted by Gasteiger charge is -2.14. The molecule has 0 amide bonds. The van der Waals surface area contributed by atoms with Crippen molar-refractivity contribution < 1.29 is 24.1 Å². The van der Waals surface area contributed by atoms with Crippen LogP contribution in [-0.4, -0.2) is 30.5 Å². The first kappa shape index (κ1) is 23.4. The van der Waals surface area contributed by atoms with Gasteiger partial charge in [0.2, 0.25) is 0 Å². The van der Waals surface area contributed by atoms with Crippen LogP contribution in [0.25, 0.3) is 0 Å². The number of ether oxygens (including phenoxy) is 3. The van der Waals surface area contributed by atoms with Crippen molar-refractivity contribution in [2.45, 2.75) is 18.9 Å². The fourth-order valence-corrected chi connectivity index (χ4v) is 3.17. The van der Waals surface area contributed by atoms with Gasteiger partial charge >= 0.3 is 5.97 Å². The van der Waals surface area contributed by atoms with Crippen LogP contribution in [0.2, 0.25) is 0 Å². The lowest BCUT2D eigenvalue weighted by Crippen LogP contribution is -2.12. The van der Waals surface area contributed by atoms with Gasteiger partial charge in [-0.15, -0.1) is 0 Å². The molecule has 3 aromatic rings. The predicted molar refractivity (Wildman–Crippen MR) is 123 cm³/mol. The van der Waals surface area contributed by atoms with Crippen molar-refractivity contribution in [2.75, 3.05) is 13.7 Å². The molecule has 0 saturated carbocycles. The van der Waals surface area contributed by atoms with E-state index in [4.69, 9.17) is 30.0 Å². The van der Waals surface area contributed by atoms with E-state index in [-0.39, 0.29) is 19.6 Å². The van der Waals surface area contributed by atoms with Gasteiger partial charge in [-0.3, -0.25) is 4.79 Å². The summed E-state index contributed by atoms with van der Waals surface area (Å²) in [4.78, 5) is 10.9. The number of nitriles is 1. The molecule has 7 heteroatoms. The van der Waals surface area contributed by atoms with Crippen molar-refractivity contribution in [3.63, 3.8) is 0 Å². The van der Waals surface area contributed by atoms with Crippen LogP contribution in [0.4, 0.5) is 0 Å². The number of aliphatic carboxylic acids is 1. The zero-order valence-electron chi connectivity index (χ0n) is 18.2. The summed E-state index contributed by atoms with van der Waals surface area (Å²) in [5.41, 5.74) is 2.67. The Balaban J connectivity index is 1.59. The Hall–Kier alpha value is -4.31. The van der Waals surface area contributed by atoms with E-state index in [2.05, 4.69) is 0 Å². The molecule has 1 unspecified atom stereocenters. The summed E-state index contributed by atoms with van der Waals surface area (Å²) < 4.78 is 17.0. The van der Waals surface area contributed by atoms with E-state index in [1.165, 1.54) is 0 Å². The maximum Gasteiger partial charge on any atom is 0.305 e. The van der Waals surface area contributed by atoms with Gasteiger partial charge in [0.05, 0.1) is 31.2 Å². The lowest BCUT2D eigenvalue weighted by molar-refractivity contribution is -0.137. The summed E-state index contributed by atoms with van der Waals surface area (Å²) >= 11 is 0. The van der Waals surface area contributed by atoms with Crippen LogP contribution in [0.5, 0.6) is 17.2 Å². The summed E-state index contributed by atoms with van der Waals surface area (Å²) in [5, 5.41) is 26.2. The number of rotatable bonds is 11. The molecule has 0 aliphatic rings. The van der Waals surface area contributed by atoms with Gasteiger partial charge in [-0.05, 0) is 41.0 Å². The fraction of sp³-hybridized carbons (Fsp3) is 0.192. The SMILES string of the molecule is COc1cc(COc2ccc(C(C#N)CC(=O)O)cc2)ccc1OCC(=N)c1ccccc1. The maximum absolute atomic E-state index is 10.9. The summed E-state index contributed by atoms with van der Waals surface area (Å²) in [7, 11) is 1.55. The highest BCUT2D eigenvalue weighted by Crippen LogP contribution is 2.29. The Bertz CT molecular complexity index is 1140. The van der Waals surface area contributed by atoms with E-state index in [0.717, 1.165) is 11.1 Å². The highest BCUT2D eigenvalue weighted by molar-refractivity contribution is 5.99. The third kappa shape index (κ3) is 6.58. The van der Waals surface area contributed by atoms with Crippen LogP contribution in [0.15, 0.2) is 72.8 Å². The molecule has 0 heterocycles. The van der Waals surface area contributed by atoms with Gasteiger partial charge in [0.1, 0.15) is 19.0 Å². The Labute approximate surface area is 192 Å². The van der Waals surface area contributed by atoms with Crippen LogP contribution in [-0.2, 0) is 11.4 Å². The summed E-state index contributed by atoms with van der Waals surface area (Å²) in [5.74, 6) is -0.0386. The van der Waals surface area contributed by atoms with Crippen molar-refractivity contribution in [1.29, 1.82) is 10.7 Å². The van der Waals surface area contributed by atoms with Crippen LogP contribution in [0.1, 0.15) is 29.0 Å². The van der Waals surface area contributed by atoms with Crippen LogP contribution in [0, 0.1) is 16.7 Å². The molecule has 2 N–H and O–H groups in total. The second kappa shape index (κ2) is 11.3. The van der Waals surface area contributed by atoms with Crippen molar-refractivity contribution in [3.8, 4) is 23.3 Å². The molecule has 0 aliphatic heterocycles. The average molecular weight is 444 g/mol. The normalized spacial score (nSPS) is 11.2. The van der Waals surface area contributed by atoms with E-state index in [1.807, 2.05) is 48.5 Å². The van der Waals surface area contributed by atoms with Gasteiger partial charge in [0, 0.05) is 0 Å². The van der Waals surface area contributed by atoms with E-state index in [9.17, 15) is 4.79 Å². The molecule has 3 aromatic carbocycles. The molecule has 0 bridgehead atoms. The minimum atomic E-state index is -1.01. The van der Waals surface area contributed by atoms with E-state index < -0.39 is 11.9 Å². The van der Waals surface area contributed by atoms with Crippen LogP contribution < -0.4 is 14.2 Å². The highest BCUT2D eigenvalue weighted by Gasteiger charge is 2.15. The Morgan fingerprint density at radius 2 is 1.76 bits per heavy atom. The van der Waals surface area contributed by atoms with Crippen molar-refractivity contribution in [3.05, 3.63) is 89.5 Å². The Morgan fingerprint density at radius 3 is 2.39 bits per heavy atom. The second-order valence-corrected chi connectivity index (χ2v) is 7.26. The zero-order valence-corrected chi connectivity index (χ0v) is 18.2. The maximum atomic E-state index is 10.9. The molecule has 0 spiro atoms. The summed E-state index contributed by atoms with van der Waals surface area (Å²) in [6, 6.07) is 23.7. The number of methoxy groups -OCH3 is 1. The van der Waals surface area contributed by atoms with Crippen LogP contribution >= 0.6 is 0 Å². The molecule has 0 saturated heterocycles. The third-order valence-electron chi connectivity index (χ3n) is 4.94. The molecule has 0 radical (unpaired) electrons. The molecule has 33 heavy (non-hydrogen) atoms. The summed E-state index contributed by atoms with van der Waals surface area (Å²) in [6.07, 6.45) is -0.240. The van der Waals surface area contributed by atoms with E-state index >= 15 is 0 Å². The number of hydrogen-bond acceptors (Lipinski definition) is 6. The Morgan fingerprint density at radius 1 is 1.03 bits per heavy atom. The molecular formula is C26H24N2O5. The number of nitrogens with one attached hydrogen (secondary N) is 1. The standard InChI is InChI=1S/C26H24N2O5/c1-31-25-13-18(7-12-24(25)33-17-23(28)20-5-3-2-4-6-20)16-32-22-10-8-19(9-11-22)21(15-27)14-26(29)30/h2-13,21,28H,14,16-17H2,1H3,(H,29,30). The van der Waals surface area contributed by atoms with Gasteiger partial charge in [0.25, 0.3) is 0 Å². The highest BCUT2D eigenvalue weighted by atomic mass is 16.5. The minimum Gasteiger partial charge on any atom is -0.493 e. The van der Waals surface area contributed by atoms with Crippen LogP contribution in [0.3, 0.4) is 0 Å². The number of benzene rings is 3. The smallest absolute Gasteiger partial charge is 0.305 e. The number of carboxylic acid groups (broad SMARTS) is 1. The second-order valence-electron chi connectivity index (χ2n) is 7.26. The first-order valence-electron chi connectivity index (χ1n) is 10.3. The molecule has 0 aromatic heterocycles. The molecule has 1 atom stereocenters. The van der Waals surface area contributed by atoms with Crippen molar-refractivity contribution >= 4 is 11.7 Å². The van der Waals surface area contributed by atoms with Gasteiger partial charge in [-0.25, -0.2) is 0 Å². The quantitative estimate of drug-likeness (QED) is 0.411. The topological polar surface area (TPSA) is 113 Å². The largest absolute Gasteiger partial charge is 0.493 e. The molecule has 0 aliphatic carbocycles. The molecule has 7 nitrogen and oxygen atoms in total. The molecule has 0 fully saturated rings. The van der Waals surface area contributed by atoms with Gasteiger partial charge in [-0.2, -0.15) is 5.26 Å². The number of nitrogens with zero attached hydrogens (tertiary/aromatic N) is 1. The van der Waals surface area contributed by atoms with Gasteiger partial charge in [0.15, 0.2) is 11.5 Å².